The van der Waals surface area contributed by atoms with E-state index in [-0.39, 0.29) is 12.2 Å². The summed E-state index contributed by atoms with van der Waals surface area (Å²) in [6.45, 7) is 9.45. The standard InChI is InChI=1S/C12H20N4O2/c1-9(2)17-14-11(5)12(15-18-10(3)4)16-7-6-13-8-16/h6-10H,1-5H3. The molecule has 0 aliphatic rings. The highest BCUT2D eigenvalue weighted by Crippen LogP contribution is 1.98. The predicted molar refractivity (Wildman–Crippen MR) is 70.6 cm³/mol. The Hall–Kier alpha value is -1.85. The summed E-state index contributed by atoms with van der Waals surface area (Å²) in [5.74, 6) is 0.557. The summed E-state index contributed by atoms with van der Waals surface area (Å²) in [6, 6.07) is 0. The molecule has 0 aliphatic carbocycles. The van der Waals surface area contributed by atoms with Gasteiger partial charge in [-0.3, -0.25) is 4.57 Å². The van der Waals surface area contributed by atoms with Gasteiger partial charge in [0.1, 0.15) is 24.2 Å². The molecule has 0 unspecified atom stereocenters. The molecular formula is C12H20N4O2. The molecule has 0 aromatic carbocycles. The van der Waals surface area contributed by atoms with Gasteiger partial charge in [0.25, 0.3) is 0 Å². The van der Waals surface area contributed by atoms with Crippen LogP contribution >= 0.6 is 0 Å². The molecule has 1 rings (SSSR count). The Kier molecular flexibility index (Phi) is 5.35. The Morgan fingerprint density at radius 1 is 1.11 bits per heavy atom. The fraction of sp³-hybridized carbons (Fsp3) is 0.583. The summed E-state index contributed by atoms with van der Waals surface area (Å²) >= 11 is 0. The smallest absolute Gasteiger partial charge is 0.202 e. The zero-order chi connectivity index (χ0) is 13.5. The van der Waals surface area contributed by atoms with Crippen molar-refractivity contribution in [2.45, 2.75) is 46.8 Å². The van der Waals surface area contributed by atoms with E-state index in [9.17, 15) is 0 Å². The monoisotopic (exact) mass is 252 g/mol. The summed E-state index contributed by atoms with van der Waals surface area (Å²) in [7, 11) is 0. The Labute approximate surface area is 107 Å². The summed E-state index contributed by atoms with van der Waals surface area (Å²) in [4.78, 5) is 14.4. The predicted octanol–water partition coefficient (Wildman–Crippen LogP) is 2.27. The van der Waals surface area contributed by atoms with Crippen molar-refractivity contribution < 1.29 is 9.68 Å². The first-order chi connectivity index (χ1) is 8.50. The zero-order valence-electron chi connectivity index (χ0n) is 11.5. The van der Waals surface area contributed by atoms with Crippen LogP contribution in [0.25, 0.3) is 0 Å². The van der Waals surface area contributed by atoms with Crippen molar-refractivity contribution in [3.05, 3.63) is 18.7 Å². The highest BCUT2D eigenvalue weighted by molar-refractivity contribution is 6.40. The number of nitrogens with zero attached hydrogens (tertiary/aromatic N) is 4. The first-order valence-corrected chi connectivity index (χ1v) is 5.93. The van der Waals surface area contributed by atoms with Gasteiger partial charge in [-0.15, -0.1) is 0 Å². The minimum atomic E-state index is 0.00217. The number of aromatic nitrogens is 2. The molecule has 0 saturated heterocycles. The average Bonchev–Trinajstić information content (AvgIpc) is 2.79. The van der Waals surface area contributed by atoms with E-state index in [0.717, 1.165) is 0 Å². The van der Waals surface area contributed by atoms with Crippen LogP contribution in [-0.4, -0.2) is 33.3 Å². The Balaban J connectivity index is 2.91. The average molecular weight is 252 g/mol. The third kappa shape index (κ3) is 4.57. The van der Waals surface area contributed by atoms with Crippen LogP contribution in [0, 0.1) is 0 Å². The van der Waals surface area contributed by atoms with Crippen LogP contribution < -0.4 is 0 Å². The molecule has 0 atom stereocenters. The maximum Gasteiger partial charge on any atom is 0.202 e. The summed E-state index contributed by atoms with van der Waals surface area (Å²) in [6.07, 6.45) is 5.10. The van der Waals surface area contributed by atoms with Gasteiger partial charge in [-0.05, 0) is 34.6 Å². The van der Waals surface area contributed by atoms with Gasteiger partial charge < -0.3 is 9.68 Å². The van der Waals surface area contributed by atoms with Crippen LogP contribution in [0.3, 0.4) is 0 Å². The molecule has 0 N–H and O–H groups in total. The molecule has 0 saturated carbocycles. The van der Waals surface area contributed by atoms with Crippen LogP contribution in [0.1, 0.15) is 34.6 Å². The second kappa shape index (κ2) is 6.78. The van der Waals surface area contributed by atoms with Crippen molar-refractivity contribution in [3.8, 4) is 0 Å². The van der Waals surface area contributed by atoms with E-state index in [2.05, 4.69) is 15.3 Å². The Bertz CT molecular complexity index is 408. The molecular weight excluding hydrogens is 232 g/mol. The van der Waals surface area contributed by atoms with Crippen LogP contribution in [0.4, 0.5) is 0 Å². The second-order valence-corrected chi connectivity index (χ2v) is 4.37. The number of hydrogen-bond donors (Lipinski definition) is 0. The van der Waals surface area contributed by atoms with Crippen molar-refractivity contribution in [3.63, 3.8) is 0 Å². The van der Waals surface area contributed by atoms with E-state index >= 15 is 0 Å². The maximum absolute atomic E-state index is 5.26. The summed E-state index contributed by atoms with van der Waals surface area (Å²) < 4.78 is 1.73. The molecule has 1 heterocycles. The third-order valence-electron chi connectivity index (χ3n) is 1.82. The van der Waals surface area contributed by atoms with Crippen LogP contribution in [-0.2, 0) is 9.68 Å². The number of oxime groups is 2. The lowest BCUT2D eigenvalue weighted by molar-refractivity contribution is 0.0825. The largest absolute Gasteiger partial charge is 0.393 e. The summed E-state index contributed by atoms with van der Waals surface area (Å²) in [5, 5.41) is 8.09. The molecule has 0 spiro atoms. The molecule has 0 amide bonds. The van der Waals surface area contributed by atoms with Crippen molar-refractivity contribution >= 4 is 11.5 Å². The van der Waals surface area contributed by atoms with Crippen molar-refractivity contribution in [2.24, 2.45) is 10.3 Å². The molecule has 18 heavy (non-hydrogen) atoms. The summed E-state index contributed by atoms with van der Waals surface area (Å²) in [5.41, 5.74) is 0.627. The fourth-order valence-corrected chi connectivity index (χ4v) is 1.07. The normalized spacial score (nSPS) is 13.3. The van der Waals surface area contributed by atoms with Gasteiger partial charge in [0.15, 0.2) is 0 Å². The molecule has 1 aromatic rings. The van der Waals surface area contributed by atoms with E-state index in [1.54, 1.807) is 23.3 Å². The van der Waals surface area contributed by atoms with E-state index in [1.165, 1.54) is 0 Å². The molecule has 6 heteroatoms. The lowest BCUT2D eigenvalue weighted by Gasteiger charge is -2.09. The first kappa shape index (κ1) is 14.2. The fourth-order valence-electron chi connectivity index (χ4n) is 1.07. The zero-order valence-corrected chi connectivity index (χ0v) is 11.5. The molecule has 6 nitrogen and oxygen atoms in total. The van der Waals surface area contributed by atoms with Gasteiger partial charge in [0.05, 0.1) is 0 Å². The van der Waals surface area contributed by atoms with Crippen LogP contribution in [0.5, 0.6) is 0 Å². The van der Waals surface area contributed by atoms with Gasteiger partial charge in [-0.1, -0.05) is 10.3 Å². The lowest BCUT2D eigenvalue weighted by Crippen LogP contribution is -2.21. The number of hydrogen-bond acceptors (Lipinski definition) is 5. The Morgan fingerprint density at radius 2 is 1.72 bits per heavy atom. The first-order valence-electron chi connectivity index (χ1n) is 5.93. The van der Waals surface area contributed by atoms with Gasteiger partial charge >= 0.3 is 0 Å². The minimum Gasteiger partial charge on any atom is -0.393 e. The number of rotatable bonds is 5. The van der Waals surface area contributed by atoms with Crippen molar-refractivity contribution in [1.82, 2.24) is 9.55 Å². The number of imidazole rings is 1. The molecule has 0 radical (unpaired) electrons. The third-order valence-corrected chi connectivity index (χ3v) is 1.82. The second-order valence-electron chi connectivity index (χ2n) is 4.37. The molecule has 0 bridgehead atoms. The van der Waals surface area contributed by atoms with Gasteiger partial charge in [0.2, 0.25) is 5.84 Å². The maximum atomic E-state index is 5.26. The van der Waals surface area contributed by atoms with Gasteiger partial charge in [-0.25, -0.2) is 4.98 Å². The van der Waals surface area contributed by atoms with Crippen molar-refractivity contribution in [1.29, 1.82) is 0 Å². The van der Waals surface area contributed by atoms with E-state index in [1.807, 2.05) is 34.6 Å². The SMILES string of the molecule is CC(=NOC(C)C)C(=NOC(C)C)n1ccnc1. The van der Waals surface area contributed by atoms with E-state index in [0.29, 0.717) is 11.5 Å². The highest BCUT2D eigenvalue weighted by Gasteiger charge is 2.09. The Morgan fingerprint density at radius 3 is 2.22 bits per heavy atom. The molecule has 100 valence electrons. The molecule has 1 aromatic heterocycles. The quantitative estimate of drug-likeness (QED) is 0.459. The van der Waals surface area contributed by atoms with E-state index < -0.39 is 0 Å². The van der Waals surface area contributed by atoms with Gasteiger partial charge in [0, 0.05) is 12.4 Å². The lowest BCUT2D eigenvalue weighted by atomic mass is 10.4. The topological polar surface area (TPSA) is 61.0 Å². The molecule has 0 aliphatic heterocycles. The van der Waals surface area contributed by atoms with Crippen LogP contribution in [0.15, 0.2) is 29.0 Å². The molecule has 0 fully saturated rings. The highest BCUT2D eigenvalue weighted by atomic mass is 16.6. The van der Waals surface area contributed by atoms with Gasteiger partial charge in [-0.2, -0.15) is 0 Å². The van der Waals surface area contributed by atoms with E-state index in [4.69, 9.17) is 9.68 Å². The minimum absolute atomic E-state index is 0.00217. The van der Waals surface area contributed by atoms with Crippen LogP contribution in [0.2, 0.25) is 0 Å². The van der Waals surface area contributed by atoms with Crippen molar-refractivity contribution in [2.75, 3.05) is 0 Å².